The third-order valence-electron chi connectivity index (χ3n) is 4.50. The number of nitrogens with zero attached hydrogens (tertiary/aromatic N) is 1. The SMILES string of the molecule is C=C(C)C[Si](CCC)(CCC)CN1CCCCCC1. The highest BCUT2D eigenvalue weighted by Gasteiger charge is 2.33. The molecule has 0 saturated carbocycles. The maximum Gasteiger partial charge on any atom is 0.0729 e. The molecular weight excluding hydrogens is 246 g/mol. The van der Waals surface area contributed by atoms with Gasteiger partial charge in [0.1, 0.15) is 0 Å². The summed E-state index contributed by atoms with van der Waals surface area (Å²) in [5.74, 6) is 0. The normalized spacial score (nSPS) is 18.3. The average Bonchev–Trinajstić information content (AvgIpc) is 2.57. The van der Waals surface area contributed by atoms with Gasteiger partial charge in [0, 0.05) is 0 Å². The van der Waals surface area contributed by atoms with E-state index in [1.54, 1.807) is 0 Å². The van der Waals surface area contributed by atoms with Gasteiger partial charge in [-0.25, -0.2) is 0 Å². The lowest BCUT2D eigenvalue weighted by Crippen LogP contribution is -2.47. The average molecular weight is 282 g/mol. The van der Waals surface area contributed by atoms with Crippen molar-refractivity contribution in [3.63, 3.8) is 0 Å². The Bertz CT molecular complexity index is 248. The quantitative estimate of drug-likeness (QED) is 0.434. The molecule has 1 heterocycles. The molecular formula is C17H35NSi. The van der Waals surface area contributed by atoms with Crippen LogP contribution in [0.25, 0.3) is 0 Å². The van der Waals surface area contributed by atoms with Crippen molar-refractivity contribution in [1.82, 2.24) is 4.90 Å². The third-order valence-corrected chi connectivity index (χ3v) is 10.1. The Balaban J connectivity index is 2.70. The lowest BCUT2D eigenvalue weighted by molar-refractivity contribution is 0.323. The number of hydrogen-bond acceptors (Lipinski definition) is 1. The van der Waals surface area contributed by atoms with Crippen LogP contribution in [0.1, 0.15) is 59.3 Å². The molecule has 0 atom stereocenters. The highest BCUT2D eigenvalue weighted by atomic mass is 28.3. The molecule has 0 unspecified atom stereocenters. The molecule has 1 nitrogen and oxygen atoms in total. The Morgan fingerprint density at radius 1 is 1.00 bits per heavy atom. The number of rotatable bonds is 8. The lowest BCUT2D eigenvalue weighted by atomic mass is 10.2. The van der Waals surface area contributed by atoms with Crippen LogP contribution in [0.5, 0.6) is 0 Å². The molecule has 112 valence electrons. The summed E-state index contributed by atoms with van der Waals surface area (Å²) < 4.78 is 0. The van der Waals surface area contributed by atoms with Gasteiger partial charge in [0.2, 0.25) is 0 Å². The van der Waals surface area contributed by atoms with Crippen LogP contribution < -0.4 is 0 Å². The Morgan fingerprint density at radius 3 is 1.95 bits per heavy atom. The minimum Gasteiger partial charge on any atom is -0.306 e. The Labute approximate surface area is 122 Å². The minimum atomic E-state index is -1.14. The van der Waals surface area contributed by atoms with Crippen LogP contribution in [0.2, 0.25) is 18.1 Å². The van der Waals surface area contributed by atoms with E-state index < -0.39 is 8.07 Å². The summed E-state index contributed by atoms with van der Waals surface area (Å²) in [4.78, 5) is 2.81. The first-order chi connectivity index (χ1) is 9.12. The largest absolute Gasteiger partial charge is 0.306 e. The van der Waals surface area contributed by atoms with Gasteiger partial charge in [0.25, 0.3) is 0 Å². The molecule has 0 amide bonds. The van der Waals surface area contributed by atoms with Crippen molar-refractivity contribution in [1.29, 1.82) is 0 Å². The third kappa shape index (κ3) is 6.27. The van der Waals surface area contributed by atoms with Crippen molar-refractivity contribution in [2.75, 3.05) is 19.3 Å². The van der Waals surface area contributed by atoms with E-state index in [9.17, 15) is 0 Å². The lowest BCUT2D eigenvalue weighted by Gasteiger charge is -2.37. The maximum absolute atomic E-state index is 4.23. The van der Waals surface area contributed by atoms with Crippen molar-refractivity contribution >= 4 is 8.07 Å². The molecule has 0 aromatic rings. The van der Waals surface area contributed by atoms with Gasteiger partial charge in [0.15, 0.2) is 0 Å². The van der Waals surface area contributed by atoms with Crippen molar-refractivity contribution in [2.24, 2.45) is 0 Å². The van der Waals surface area contributed by atoms with Gasteiger partial charge in [-0.1, -0.05) is 57.2 Å². The van der Waals surface area contributed by atoms with E-state index in [0.717, 1.165) is 0 Å². The summed E-state index contributed by atoms with van der Waals surface area (Å²) >= 11 is 0. The van der Waals surface area contributed by atoms with Crippen LogP contribution in [0.15, 0.2) is 12.2 Å². The highest BCUT2D eigenvalue weighted by molar-refractivity contribution is 6.80. The maximum atomic E-state index is 4.23. The van der Waals surface area contributed by atoms with Crippen molar-refractivity contribution in [3.8, 4) is 0 Å². The molecule has 0 N–H and O–H groups in total. The molecule has 1 rings (SSSR count). The standard InChI is InChI=1S/C17H35NSi/c1-5-13-19(14-6-2,15-17(3)4)16-18-11-9-7-8-10-12-18/h3,5-16H2,1-2,4H3. The van der Waals surface area contributed by atoms with Crippen LogP contribution in [0, 0.1) is 0 Å². The van der Waals surface area contributed by atoms with E-state index in [-0.39, 0.29) is 0 Å². The molecule has 0 spiro atoms. The summed E-state index contributed by atoms with van der Waals surface area (Å²) in [7, 11) is -1.14. The topological polar surface area (TPSA) is 3.24 Å². The first-order valence-corrected chi connectivity index (χ1v) is 11.3. The van der Waals surface area contributed by atoms with Crippen LogP contribution in [0.4, 0.5) is 0 Å². The van der Waals surface area contributed by atoms with E-state index in [1.165, 1.54) is 81.5 Å². The van der Waals surface area contributed by atoms with Gasteiger partial charge in [-0.2, -0.15) is 0 Å². The fraction of sp³-hybridized carbons (Fsp3) is 0.882. The summed E-state index contributed by atoms with van der Waals surface area (Å²) in [5, 5.41) is 0. The van der Waals surface area contributed by atoms with Crippen LogP contribution in [-0.2, 0) is 0 Å². The molecule has 0 aromatic carbocycles. The van der Waals surface area contributed by atoms with Gasteiger partial charge in [-0.05, 0) is 45.1 Å². The molecule has 0 radical (unpaired) electrons. The molecule has 0 bridgehead atoms. The number of likely N-dealkylation sites (tertiary alicyclic amines) is 1. The number of hydrogen-bond donors (Lipinski definition) is 0. The number of allylic oxidation sites excluding steroid dienone is 1. The van der Waals surface area contributed by atoms with Gasteiger partial charge in [-0.15, -0.1) is 6.58 Å². The summed E-state index contributed by atoms with van der Waals surface area (Å²) in [6.45, 7) is 13.9. The zero-order valence-electron chi connectivity index (χ0n) is 13.6. The van der Waals surface area contributed by atoms with Crippen LogP contribution in [0.3, 0.4) is 0 Å². The second-order valence-electron chi connectivity index (χ2n) is 6.82. The predicted molar refractivity (Wildman–Crippen MR) is 90.5 cm³/mol. The molecule has 1 saturated heterocycles. The van der Waals surface area contributed by atoms with Crippen LogP contribution >= 0.6 is 0 Å². The molecule has 1 aliphatic rings. The van der Waals surface area contributed by atoms with Crippen molar-refractivity contribution < 1.29 is 0 Å². The molecule has 1 fully saturated rings. The zero-order valence-corrected chi connectivity index (χ0v) is 14.6. The summed E-state index contributed by atoms with van der Waals surface area (Å²) in [6.07, 6.45) is 9.94. The second kappa shape index (κ2) is 8.96. The van der Waals surface area contributed by atoms with Crippen LogP contribution in [-0.4, -0.2) is 32.2 Å². The predicted octanol–water partition coefficient (Wildman–Crippen LogP) is 5.25. The van der Waals surface area contributed by atoms with E-state index in [1.807, 2.05) is 0 Å². The molecule has 2 heteroatoms. The van der Waals surface area contributed by atoms with E-state index in [4.69, 9.17) is 0 Å². The van der Waals surface area contributed by atoms with E-state index in [0.29, 0.717) is 0 Å². The summed E-state index contributed by atoms with van der Waals surface area (Å²) in [6, 6.07) is 4.37. The minimum absolute atomic E-state index is 1.14. The summed E-state index contributed by atoms with van der Waals surface area (Å²) in [5.41, 5.74) is 1.43. The smallest absolute Gasteiger partial charge is 0.0729 e. The van der Waals surface area contributed by atoms with E-state index >= 15 is 0 Å². The van der Waals surface area contributed by atoms with E-state index in [2.05, 4.69) is 32.3 Å². The Morgan fingerprint density at radius 2 is 1.53 bits per heavy atom. The Hall–Kier alpha value is -0.0831. The zero-order chi connectivity index (χ0) is 14.1. The molecule has 0 aromatic heterocycles. The molecule has 1 aliphatic heterocycles. The van der Waals surface area contributed by atoms with Gasteiger partial charge >= 0.3 is 0 Å². The first kappa shape index (κ1) is 17.0. The first-order valence-electron chi connectivity index (χ1n) is 8.48. The van der Waals surface area contributed by atoms with Crippen molar-refractivity contribution in [2.45, 2.75) is 77.4 Å². The monoisotopic (exact) mass is 281 g/mol. The van der Waals surface area contributed by atoms with Crippen molar-refractivity contribution in [3.05, 3.63) is 12.2 Å². The fourth-order valence-electron chi connectivity index (χ4n) is 3.99. The van der Waals surface area contributed by atoms with Gasteiger partial charge in [0.05, 0.1) is 8.07 Å². The molecule has 19 heavy (non-hydrogen) atoms. The highest BCUT2D eigenvalue weighted by Crippen LogP contribution is 2.29. The Kier molecular flexibility index (Phi) is 8.01. The van der Waals surface area contributed by atoms with Gasteiger partial charge in [-0.3, -0.25) is 0 Å². The van der Waals surface area contributed by atoms with Gasteiger partial charge < -0.3 is 4.90 Å². The second-order valence-corrected chi connectivity index (χ2v) is 11.5. The molecule has 0 aliphatic carbocycles. The fourth-order valence-corrected chi connectivity index (χ4v) is 9.68.